The van der Waals surface area contributed by atoms with Gasteiger partial charge in [-0.05, 0) is 42.6 Å². The molecule has 178 valence electrons. The smallest absolute Gasteiger partial charge is 0.190 e. The molecule has 0 saturated heterocycles. The van der Waals surface area contributed by atoms with Gasteiger partial charge in [-0.25, -0.2) is 0 Å². The zero-order valence-corrected chi connectivity index (χ0v) is 19.8. The molecule has 2 heterocycles. The van der Waals surface area contributed by atoms with Crippen LogP contribution in [0.25, 0.3) is 0 Å². The van der Waals surface area contributed by atoms with Crippen LogP contribution in [0, 0.1) is 22.7 Å². The summed E-state index contributed by atoms with van der Waals surface area (Å²) in [4.78, 5) is 0. The lowest BCUT2D eigenvalue weighted by Crippen LogP contribution is -2.69. The molecule has 4 unspecified atom stereocenters. The largest absolute Gasteiger partial charge is 0.508 e. The molecule has 2 saturated carbocycles. The SMILES string of the molecule is COC1OC(OC)c2c1cc(O)c1c2O[C@]2(C1)[C@H](C)CC[C@H]1C(C)(C)C(O)C(O)C[C@@]12C. The van der Waals surface area contributed by atoms with Crippen molar-refractivity contribution in [2.24, 2.45) is 22.7 Å². The first-order valence-electron chi connectivity index (χ1n) is 11.7. The molecule has 2 aliphatic heterocycles. The molecule has 0 aromatic heterocycles. The van der Waals surface area contributed by atoms with Gasteiger partial charge in [-0.15, -0.1) is 0 Å². The molecule has 0 bridgehead atoms. The highest BCUT2D eigenvalue weighted by molar-refractivity contribution is 5.59. The van der Waals surface area contributed by atoms with Crippen molar-refractivity contribution in [3.63, 3.8) is 0 Å². The van der Waals surface area contributed by atoms with Gasteiger partial charge in [0.15, 0.2) is 12.6 Å². The molecule has 7 nitrogen and oxygen atoms in total. The monoisotopic (exact) mass is 448 g/mol. The van der Waals surface area contributed by atoms with Gasteiger partial charge in [0.2, 0.25) is 0 Å². The summed E-state index contributed by atoms with van der Waals surface area (Å²) in [5.41, 5.74) is 0.787. The molecule has 7 heteroatoms. The molecule has 3 N–H and O–H groups in total. The molecular formula is C25H36O7. The van der Waals surface area contributed by atoms with Gasteiger partial charge < -0.3 is 34.3 Å². The second kappa shape index (κ2) is 7.06. The Labute approximate surface area is 189 Å². The number of hydrogen-bond donors (Lipinski definition) is 3. The molecule has 2 aliphatic carbocycles. The highest BCUT2D eigenvalue weighted by Gasteiger charge is 2.69. The van der Waals surface area contributed by atoms with E-state index in [-0.39, 0.29) is 17.6 Å². The van der Waals surface area contributed by atoms with Crippen LogP contribution >= 0.6 is 0 Å². The molecule has 0 radical (unpaired) electrons. The molecule has 2 fully saturated rings. The molecule has 1 spiro atoms. The molecular weight excluding hydrogens is 412 g/mol. The van der Waals surface area contributed by atoms with Crippen molar-refractivity contribution in [2.45, 2.75) is 83.8 Å². The van der Waals surface area contributed by atoms with Gasteiger partial charge >= 0.3 is 0 Å². The summed E-state index contributed by atoms with van der Waals surface area (Å²) in [5.74, 6) is 1.16. The van der Waals surface area contributed by atoms with Crippen molar-refractivity contribution in [2.75, 3.05) is 14.2 Å². The fourth-order valence-electron chi connectivity index (χ4n) is 7.71. The van der Waals surface area contributed by atoms with Gasteiger partial charge in [-0.1, -0.05) is 27.7 Å². The predicted octanol–water partition coefficient (Wildman–Crippen LogP) is 3.59. The van der Waals surface area contributed by atoms with E-state index < -0.39 is 41.2 Å². The maximum absolute atomic E-state index is 11.0. The maximum atomic E-state index is 11.0. The van der Waals surface area contributed by atoms with Crippen molar-refractivity contribution in [3.05, 3.63) is 22.8 Å². The van der Waals surface area contributed by atoms with Crippen LogP contribution in [-0.2, 0) is 20.6 Å². The van der Waals surface area contributed by atoms with Crippen molar-refractivity contribution < 1.29 is 34.3 Å². The van der Waals surface area contributed by atoms with Crippen LogP contribution in [0.15, 0.2) is 6.07 Å². The lowest BCUT2D eigenvalue weighted by molar-refractivity contribution is -0.241. The number of ether oxygens (including phenoxy) is 4. The van der Waals surface area contributed by atoms with Crippen molar-refractivity contribution >= 4 is 0 Å². The Kier molecular flexibility index (Phi) is 4.95. The minimum absolute atomic E-state index is 0.162. The summed E-state index contributed by atoms with van der Waals surface area (Å²) in [6, 6.07) is 1.71. The molecule has 4 aliphatic rings. The van der Waals surface area contributed by atoms with E-state index in [1.54, 1.807) is 20.3 Å². The zero-order chi connectivity index (χ0) is 23.2. The van der Waals surface area contributed by atoms with Crippen LogP contribution in [0.2, 0.25) is 0 Å². The topological polar surface area (TPSA) is 97.6 Å². The minimum Gasteiger partial charge on any atom is -0.508 e. The first-order chi connectivity index (χ1) is 15.0. The van der Waals surface area contributed by atoms with Crippen molar-refractivity contribution in [3.8, 4) is 11.5 Å². The molecule has 1 aromatic carbocycles. The molecule has 8 atom stereocenters. The summed E-state index contributed by atoms with van der Waals surface area (Å²) < 4.78 is 23.9. The number of benzene rings is 1. The average Bonchev–Trinajstić information content (AvgIpc) is 3.31. The van der Waals surface area contributed by atoms with E-state index in [1.807, 2.05) is 0 Å². The van der Waals surface area contributed by atoms with Crippen LogP contribution in [-0.4, -0.2) is 47.3 Å². The van der Waals surface area contributed by atoms with Crippen LogP contribution < -0.4 is 4.74 Å². The number of aromatic hydroxyl groups is 1. The van der Waals surface area contributed by atoms with Gasteiger partial charge in [0, 0.05) is 37.2 Å². The number of phenolic OH excluding ortho intramolecular Hbond substituents is 1. The second-order valence-corrected chi connectivity index (χ2v) is 11.1. The number of aliphatic hydroxyl groups excluding tert-OH is 2. The quantitative estimate of drug-likeness (QED) is 0.636. The Bertz CT molecular complexity index is 929. The third kappa shape index (κ3) is 2.60. The molecule has 0 amide bonds. The van der Waals surface area contributed by atoms with E-state index in [0.717, 1.165) is 29.5 Å². The van der Waals surface area contributed by atoms with E-state index in [0.29, 0.717) is 18.6 Å². The van der Waals surface area contributed by atoms with Crippen LogP contribution in [0.1, 0.15) is 76.2 Å². The number of aliphatic hydroxyl groups is 2. The number of methoxy groups -OCH3 is 2. The van der Waals surface area contributed by atoms with Gasteiger partial charge in [0.25, 0.3) is 0 Å². The summed E-state index contributed by atoms with van der Waals surface area (Å²) in [6.45, 7) is 8.52. The lowest BCUT2D eigenvalue weighted by atomic mass is 9.43. The highest BCUT2D eigenvalue weighted by Crippen LogP contribution is 2.67. The minimum atomic E-state index is -0.826. The number of rotatable bonds is 2. The van der Waals surface area contributed by atoms with Crippen LogP contribution in [0.3, 0.4) is 0 Å². The Balaban J connectivity index is 1.66. The Hall–Kier alpha value is -1.38. The van der Waals surface area contributed by atoms with Crippen molar-refractivity contribution in [1.29, 1.82) is 0 Å². The van der Waals surface area contributed by atoms with Gasteiger partial charge in [0.1, 0.15) is 17.1 Å². The fraction of sp³-hybridized carbons (Fsp3) is 0.760. The summed E-state index contributed by atoms with van der Waals surface area (Å²) in [7, 11) is 3.14. The third-order valence-electron chi connectivity index (χ3n) is 9.40. The van der Waals surface area contributed by atoms with Gasteiger partial charge in [-0.2, -0.15) is 0 Å². The normalized spacial score (nSPS) is 44.1. The van der Waals surface area contributed by atoms with E-state index >= 15 is 0 Å². The summed E-state index contributed by atoms with van der Waals surface area (Å²) in [6.07, 6.45) is 0.0383. The summed E-state index contributed by atoms with van der Waals surface area (Å²) >= 11 is 0. The second-order valence-electron chi connectivity index (χ2n) is 11.1. The Morgan fingerprint density at radius 1 is 1.06 bits per heavy atom. The number of hydrogen-bond acceptors (Lipinski definition) is 7. The first-order valence-corrected chi connectivity index (χ1v) is 11.7. The van der Waals surface area contributed by atoms with Gasteiger partial charge in [-0.3, -0.25) is 0 Å². The third-order valence-corrected chi connectivity index (χ3v) is 9.40. The van der Waals surface area contributed by atoms with E-state index in [1.165, 1.54) is 0 Å². The highest BCUT2D eigenvalue weighted by atomic mass is 16.8. The lowest BCUT2D eigenvalue weighted by Gasteiger charge is -2.64. The van der Waals surface area contributed by atoms with E-state index in [4.69, 9.17) is 18.9 Å². The maximum Gasteiger partial charge on any atom is 0.190 e. The molecule has 32 heavy (non-hydrogen) atoms. The van der Waals surface area contributed by atoms with Crippen molar-refractivity contribution in [1.82, 2.24) is 0 Å². The Morgan fingerprint density at radius 2 is 1.75 bits per heavy atom. The number of phenols is 1. The Morgan fingerprint density at radius 3 is 2.41 bits per heavy atom. The predicted molar refractivity (Wildman–Crippen MR) is 116 cm³/mol. The first kappa shape index (κ1) is 22.4. The molecule has 5 rings (SSSR count). The van der Waals surface area contributed by atoms with E-state index in [2.05, 4.69) is 27.7 Å². The number of fused-ring (bicyclic) bond motifs is 5. The van der Waals surface area contributed by atoms with E-state index in [9.17, 15) is 15.3 Å². The van der Waals surface area contributed by atoms with Crippen LogP contribution in [0.5, 0.6) is 11.5 Å². The average molecular weight is 449 g/mol. The standard InChI is InChI=1S/C25H36O7/c1-12-7-8-17-23(2,3)20(28)16(27)11-24(17,4)25(12)10-14-15(26)9-13-18(19(14)32-25)22(30-6)31-21(13)29-5/h9,12,16-17,20-22,26-28H,7-8,10-11H2,1-6H3/t12-,16?,17+,20?,21?,22?,24+,25-/m1/s1. The summed E-state index contributed by atoms with van der Waals surface area (Å²) in [5, 5.41) is 32.8. The van der Waals surface area contributed by atoms with Crippen LogP contribution in [0.4, 0.5) is 0 Å². The van der Waals surface area contributed by atoms with Gasteiger partial charge in [0.05, 0.1) is 17.8 Å². The zero-order valence-electron chi connectivity index (χ0n) is 19.8. The fourth-order valence-corrected chi connectivity index (χ4v) is 7.71. The molecule has 1 aromatic rings.